The first kappa shape index (κ1) is 15.4. The zero-order valence-electron chi connectivity index (χ0n) is 11.3. The Balaban J connectivity index is 2.51. The van der Waals surface area contributed by atoms with E-state index in [-0.39, 0.29) is 16.8 Å². The van der Waals surface area contributed by atoms with Crippen LogP contribution in [0.1, 0.15) is 37.0 Å². The summed E-state index contributed by atoms with van der Waals surface area (Å²) in [6.45, 7) is 6.85. The molecular formula is C11H19N5O2S. The summed E-state index contributed by atoms with van der Waals surface area (Å²) in [6.07, 6.45) is 0.856. The van der Waals surface area contributed by atoms with E-state index in [9.17, 15) is 9.59 Å². The molecule has 0 radical (unpaired) electrons. The van der Waals surface area contributed by atoms with Gasteiger partial charge in [0, 0.05) is 13.1 Å². The highest BCUT2D eigenvalue weighted by Crippen LogP contribution is 2.14. The number of hydrogen-bond acceptors (Lipinski definition) is 6. The van der Waals surface area contributed by atoms with Crippen LogP contribution in [0.5, 0.6) is 0 Å². The van der Waals surface area contributed by atoms with E-state index in [1.165, 1.54) is 0 Å². The van der Waals surface area contributed by atoms with Crippen molar-refractivity contribution in [3.8, 4) is 0 Å². The fourth-order valence-corrected chi connectivity index (χ4v) is 1.98. The van der Waals surface area contributed by atoms with E-state index in [4.69, 9.17) is 0 Å². The summed E-state index contributed by atoms with van der Waals surface area (Å²) in [5, 5.41) is 16.7. The lowest BCUT2D eigenvalue weighted by atomic mass is 10.3. The van der Waals surface area contributed by atoms with Gasteiger partial charge in [0.1, 0.15) is 6.04 Å². The highest BCUT2D eigenvalue weighted by Gasteiger charge is 2.19. The summed E-state index contributed by atoms with van der Waals surface area (Å²) in [4.78, 5) is 23.4. The first-order valence-electron chi connectivity index (χ1n) is 6.24. The number of aromatic nitrogens is 2. The summed E-state index contributed by atoms with van der Waals surface area (Å²) in [5.41, 5.74) is 0. The van der Waals surface area contributed by atoms with E-state index in [2.05, 4.69) is 26.1 Å². The maximum Gasteiger partial charge on any atom is 0.282 e. The lowest BCUT2D eigenvalue weighted by molar-refractivity contribution is -0.122. The quantitative estimate of drug-likeness (QED) is 0.682. The molecule has 0 saturated carbocycles. The second-order valence-corrected chi connectivity index (χ2v) is 4.91. The van der Waals surface area contributed by atoms with Crippen molar-refractivity contribution in [3.63, 3.8) is 0 Å². The van der Waals surface area contributed by atoms with Gasteiger partial charge in [0.25, 0.3) is 5.91 Å². The summed E-state index contributed by atoms with van der Waals surface area (Å²) in [6, 6.07) is -0.592. The van der Waals surface area contributed by atoms with Crippen molar-refractivity contribution < 1.29 is 9.59 Å². The zero-order valence-corrected chi connectivity index (χ0v) is 12.1. The van der Waals surface area contributed by atoms with Crippen LogP contribution in [0.15, 0.2) is 0 Å². The summed E-state index contributed by atoms with van der Waals surface area (Å²) < 4.78 is 0. The summed E-state index contributed by atoms with van der Waals surface area (Å²) in [5.74, 6) is -0.590. The first-order valence-corrected chi connectivity index (χ1v) is 7.06. The maximum atomic E-state index is 11.8. The van der Waals surface area contributed by atoms with Crippen molar-refractivity contribution in [2.75, 3.05) is 18.4 Å². The van der Waals surface area contributed by atoms with Gasteiger partial charge < -0.3 is 16.0 Å². The molecule has 0 fully saturated rings. The standard InChI is InChI=1S/C11H19N5O2S/c1-4-6-13-8(17)7(3)14-9(18)10-15-16-11(19-10)12-5-2/h7H,4-6H2,1-3H3,(H,12,16)(H,13,17)(H,14,18). The topological polar surface area (TPSA) is 96.0 Å². The van der Waals surface area contributed by atoms with Gasteiger partial charge in [-0.3, -0.25) is 9.59 Å². The van der Waals surface area contributed by atoms with Gasteiger partial charge in [-0.2, -0.15) is 0 Å². The SMILES string of the molecule is CCCNC(=O)C(C)NC(=O)c1nnc(NCC)s1. The van der Waals surface area contributed by atoms with Gasteiger partial charge in [0.15, 0.2) is 0 Å². The van der Waals surface area contributed by atoms with Crippen LogP contribution >= 0.6 is 11.3 Å². The van der Waals surface area contributed by atoms with Crippen LogP contribution in [0, 0.1) is 0 Å². The van der Waals surface area contributed by atoms with Crippen LogP contribution in [-0.2, 0) is 4.79 Å². The molecule has 1 aromatic heterocycles. The fraction of sp³-hybridized carbons (Fsp3) is 0.636. The normalized spacial score (nSPS) is 11.7. The zero-order chi connectivity index (χ0) is 14.3. The van der Waals surface area contributed by atoms with Crippen molar-refractivity contribution in [1.29, 1.82) is 0 Å². The Hall–Kier alpha value is -1.70. The molecule has 0 aliphatic rings. The van der Waals surface area contributed by atoms with Gasteiger partial charge in [-0.05, 0) is 20.3 Å². The predicted molar refractivity (Wildman–Crippen MR) is 74.3 cm³/mol. The van der Waals surface area contributed by atoms with E-state index in [0.717, 1.165) is 17.8 Å². The Morgan fingerprint density at radius 2 is 2.05 bits per heavy atom. The lowest BCUT2D eigenvalue weighted by Gasteiger charge is -2.12. The monoisotopic (exact) mass is 285 g/mol. The molecular weight excluding hydrogens is 266 g/mol. The van der Waals surface area contributed by atoms with Gasteiger partial charge in [-0.15, -0.1) is 10.2 Å². The highest BCUT2D eigenvalue weighted by atomic mass is 32.1. The molecule has 8 heteroatoms. The third-order valence-electron chi connectivity index (χ3n) is 2.24. The van der Waals surface area contributed by atoms with E-state index < -0.39 is 6.04 Å². The van der Waals surface area contributed by atoms with E-state index >= 15 is 0 Å². The highest BCUT2D eigenvalue weighted by molar-refractivity contribution is 7.17. The molecule has 0 aliphatic heterocycles. The van der Waals surface area contributed by atoms with Crippen LogP contribution in [0.25, 0.3) is 0 Å². The molecule has 1 aromatic rings. The Labute approximate surface area is 116 Å². The molecule has 0 saturated heterocycles. The first-order chi connectivity index (χ1) is 9.08. The van der Waals surface area contributed by atoms with E-state index in [0.29, 0.717) is 18.2 Å². The maximum absolute atomic E-state index is 11.8. The Bertz CT molecular complexity index is 434. The molecule has 0 aliphatic carbocycles. The molecule has 1 heterocycles. The van der Waals surface area contributed by atoms with Crippen molar-refractivity contribution in [2.24, 2.45) is 0 Å². The van der Waals surface area contributed by atoms with Crippen LogP contribution in [0.4, 0.5) is 5.13 Å². The molecule has 19 heavy (non-hydrogen) atoms. The predicted octanol–water partition coefficient (Wildman–Crippen LogP) is 0.614. The van der Waals surface area contributed by atoms with Crippen molar-refractivity contribution in [2.45, 2.75) is 33.2 Å². The van der Waals surface area contributed by atoms with Gasteiger partial charge >= 0.3 is 0 Å². The minimum Gasteiger partial charge on any atom is -0.360 e. The third kappa shape index (κ3) is 4.82. The van der Waals surface area contributed by atoms with Gasteiger partial charge in [0.2, 0.25) is 16.0 Å². The Morgan fingerprint density at radius 1 is 1.32 bits per heavy atom. The van der Waals surface area contributed by atoms with Crippen molar-refractivity contribution in [3.05, 3.63) is 5.01 Å². The molecule has 1 rings (SSSR count). The van der Waals surface area contributed by atoms with E-state index in [1.807, 2.05) is 13.8 Å². The number of hydrogen-bond donors (Lipinski definition) is 3. The van der Waals surface area contributed by atoms with Crippen molar-refractivity contribution in [1.82, 2.24) is 20.8 Å². The molecule has 0 bridgehead atoms. The average Bonchev–Trinajstić information content (AvgIpc) is 2.85. The van der Waals surface area contributed by atoms with Crippen LogP contribution in [-0.4, -0.2) is 41.1 Å². The molecule has 0 aromatic carbocycles. The van der Waals surface area contributed by atoms with Crippen molar-refractivity contribution >= 4 is 28.3 Å². The number of amides is 2. The fourth-order valence-electron chi connectivity index (χ4n) is 1.26. The van der Waals surface area contributed by atoms with E-state index in [1.54, 1.807) is 6.92 Å². The van der Waals surface area contributed by atoms with Crippen LogP contribution < -0.4 is 16.0 Å². The second kappa shape index (κ2) is 7.67. The summed E-state index contributed by atoms with van der Waals surface area (Å²) >= 11 is 1.16. The Kier molecular flexibility index (Phi) is 6.20. The minimum absolute atomic E-state index is 0.202. The van der Waals surface area contributed by atoms with Crippen LogP contribution in [0.3, 0.4) is 0 Å². The number of carbonyl (C=O) groups is 2. The van der Waals surface area contributed by atoms with Gasteiger partial charge in [0.05, 0.1) is 0 Å². The number of carbonyl (C=O) groups excluding carboxylic acids is 2. The number of anilines is 1. The number of rotatable bonds is 7. The Morgan fingerprint density at radius 3 is 2.68 bits per heavy atom. The lowest BCUT2D eigenvalue weighted by Crippen LogP contribution is -2.45. The third-order valence-corrected chi connectivity index (χ3v) is 3.12. The van der Waals surface area contributed by atoms with Gasteiger partial charge in [-0.25, -0.2) is 0 Å². The smallest absolute Gasteiger partial charge is 0.282 e. The molecule has 3 N–H and O–H groups in total. The average molecular weight is 285 g/mol. The minimum atomic E-state index is -0.592. The molecule has 0 spiro atoms. The molecule has 1 atom stereocenters. The van der Waals surface area contributed by atoms with Gasteiger partial charge in [-0.1, -0.05) is 18.3 Å². The largest absolute Gasteiger partial charge is 0.360 e. The molecule has 106 valence electrons. The molecule has 7 nitrogen and oxygen atoms in total. The summed E-state index contributed by atoms with van der Waals surface area (Å²) in [7, 11) is 0. The number of nitrogens with zero attached hydrogens (tertiary/aromatic N) is 2. The second-order valence-electron chi connectivity index (χ2n) is 3.93. The molecule has 1 unspecified atom stereocenters. The number of nitrogens with one attached hydrogen (secondary N) is 3. The molecule has 2 amide bonds. The van der Waals surface area contributed by atoms with Crippen LogP contribution in [0.2, 0.25) is 0 Å².